The van der Waals surface area contributed by atoms with Crippen LogP contribution < -0.4 is 10.6 Å². The number of hydrogen-bond acceptors (Lipinski definition) is 5. The average Bonchev–Trinajstić information content (AvgIpc) is 3.02. The lowest BCUT2D eigenvalue weighted by Crippen LogP contribution is -2.50. The molecule has 0 saturated carbocycles. The molecule has 0 atom stereocenters. The number of aromatic nitrogens is 2. The third kappa shape index (κ3) is 4.68. The molecule has 1 aromatic heterocycles. The van der Waals surface area contributed by atoms with E-state index in [-0.39, 0.29) is 6.09 Å². The van der Waals surface area contributed by atoms with E-state index in [0.717, 1.165) is 30.0 Å². The van der Waals surface area contributed by atoms with Gasteiger partial charge in [-0.3, -0.25) is 4.68 Å². The Kier molecular flexibility index (Phi) is 5.06. The molecule has 1 aliphatic heterocycles. The molecule has 0 unspecified atom stereocenters. The minimum atomic E-state index is -0.462. The van der Waals surface area contributed by atoms with Gasteiger partial charge in [0, 0.05) is 38.1 Å². The van der Waals surface area contributed by atoms with E-state index in [1.807, 2.05) is 62.1 Å². The number of ether oxygens (including phenoxy) is 1. The van der Waals surface area contributed by atoms with Crippen molar-refractivity contribution in [2.45, 2.75) is 32.9 Å². The van der Waals surface area contributed by atoms with Gasteiger partial charge in [-0.05, 0) is 38.5 Å². The lowest BCUT2D eigenvalue weighted by Gasteiger charge is -2.36. The molecule has 1 aromatic carbocycles. The average molecular weight is 357 g/mol. The molecule has 26 heavy (non-hydrogen) atoms. The van der Waals surface area contributed by atoms with Crippen molar-refractivity contribution in [2.24, 2.45) is 0 Å². The predicted molar refractivity (Wildman–Crippen MR) is 102 cm³/mol. The Labute approximate surface area is 154 Å². The zero-order chi connectivity index (χ0) is 18.7. The first kappa shape index (κ1) is 18.1. The van der Waals surface area contributed by atoms with Crippen LogP contribution in [-0.4, -0.2) is 52.6 Å². The molecule has 140 valence electrons. The van der Waals surface area contributed by atoms with Crippen LogP contribution >= 0.6 is 0 Å². The number of hydrogen-bond donors (Lipinski definition) is 1. The quantitative estimate of drug-likeness (QED) is 0.855. The van der Waals surface area contributed by atoms with Crippen molar-refractivity contribution in [3.05, 3.63) is 42.2 Å². The SMILES string of the molecule is CC(C)(C)OC(=O)N1CCN(c2cnn(Cc3cccc(N)c3)c2)CC1. The van der Waals surface area contributed by atoms with Crippen molar-refractivity contribution < 1.29 is 9.53 Å². The number of anilines is 2. The van der Waals surface area contributed by atoms with Crippen molar-refractivity contribution in [2.75, 3.05) is 36.8 Å². The Bertz CT molecular complexity index is 757. The topological polar surface area (TPSA) is 76.6 Å². The Morgan fingerprint density at radius 3 is 2.62 bits per heavy atom. The summed E-state index contributed by atoms with van der Waals surface area (Å²) < 4.78 is 7.35. The maximum Gasteiger partial charge on any atom is 0.410 e. The van der Waals surface area contributed by atoms with E-state index in [2.05, 4.69) is 10.00 Å². The summed E-state index contributed by atoms with van der Waals surface area (Å²) in [4.78, 5) is 16.2. The van der Waals surface area contributed by atoms with E-state index in [9.17, 15) is 4.79 Å². The summed E-state index contributed by atoms with van der Waals surface area (Å²) >= 11 is 0. The van der Waals surface area contributed by atoms with E-state index in [1.165, 1.54) is 0 Å². The molecule has 2 N–H and O–H groups in total. The second-order valence-corrected chi connectivity index (χ2v) is 7.60. The summed E-state index contributed by atoms with van der Waals surface area (Å²) in [5.74, 6) is 0. The number of carbonyl (C=O) groups excluding carboxylic acids is 1. The summed E-state index contributed by atoms with van der Waals surface area (Å²) in [6, 6.07) is 7.82. The molecule has 2 heterocycles. The fourth-order valence-electron chi connectivity index (χ4n) is 2.95. The van der Waals surface area contributed by atoms with Crippen LogP contribution in [0, 0.1) is 0 Å². The summed E-state index contributed by atoms with van der Waals surface area (Å²) in [5.41, 5.74) is 8.31. The van der Waals surface area contributed by atoms with Gasteiger partial charge < -0.3 is 20.3 Å². The van der Waals surface area contributed by atoms with Gasteiger partial charge in [0.15, 0.2) is 0 Å². The van der Waals surface area contributed by atoms with Crippen molar-refractivity contribution in [3.8, 4) is 0 Å². The summed E-state index contributed by atoms with van der Waals surface area (Å²) in [6.07, 6.45) is 3.66. The standard InChI is InChI=1S/C19H27N5O2/c1-19(2,3)26-18(25)23-9-7-22(8-10-23)17-12-21-24(14-17)13-15-5-4-6-16(20)11-15/h4-6,11-12,14H,7-10,13,20H2,1-3H3. The lowest BCUT2D eigenvalue weighted by molar-refractivity contribution is 0.0240. The number of rotatable bonds is 3. The van der Waals surface area contributed by atoms with Gasteiger partial charge in [0.25, 0.3) is 0 Å². The number of carbonyl (C=O) groups is 1. The first-order valence-electron chi connectivity index (χ1n) is 8.90. The van der Waals surface area contributed by atoms with E-state index >= 15 is 0 Å². The second-order valence-electron chi connectivity index (χ2n) is 7.60. The van der Waals surface area contributed by atoms with Crippen LogP contribution in [0.2, 0.25) is 0 Å². The molecular weight excluding hydrogens is 330 g/mol. The van der Waals surface area contributed by atoms with Crippen LogP contribution in [0.3, 0.4) is 0 Å². The molecule has 0 bridgehead atoms. The lowest BCUT2D eigenvalue weighted by atomic mass is 10.2. The molecule has 1 aliphatic rings. The molecule has 1 saturated heterocycles. The van der Waals surface area contributed by atoms with Gasteiger partial charge >= 0.3 is 6.09 Å². The van der Waals surface area contributed by atoms with Crippen molar-refractivity contribution in [1.82, 2.24) is 14.7 Å². The highest BCUT2D eigenvalue weighted by Gasteiger charge is 2.26. The zero-order valence-electron chi connectivity index (χ0n) is 15.7. The minimum Gasteiger partial charge on any atom is -0.444 e. The normalized spacial score (nSPS) is 15.2. The van der Waals surface area contributed by atoms with Gasteiger partial charge in [0.1, 0.15) is 5.60 Å². The maximum atomic E-state index is 12.2. The maximum absolute atomic E-state index is 12.2. The van der Waals surface area contributed by atoms with Crippen LogP contribution in [0.25, 0.3) is 0 Å². The first-order valence-corrected chi connectivity index (χ1v) is 8.90. The molecule has 3 rings (SSSR count). The molecule has 0 aliphatic carbocycles. The van der Waals surface area contributed by atoms with Gasteiger partial charge in [0.2, 0.25) is 0 Å². The summed E-state index contributed by atoms with van der Waals surface area (Å²) in [7, 11) is 0. The molecule has 7 nitrogen and oxygen atoms in total. The number of amides is 1. The number of benzene rings is 1. The molecule has 1 fully saturated rings. The molecule has 0 radical (unpaired) electrons. The highest BCUT2D eigenvalue weighted by Crippen LogP contribution is 2.18. The molecular formula is C19H27N5O2. The zero-order valence-corrected chi connectivity index (χ0v) is 15.7. The number of nitrogen functional groups attached to an aromatic ring is 1. The van der Waals surface area contributed by atoms with Crippen LogP contribution in [0.1, 0.15) is 26.3 Å². The third-order valence-electron chi connectivity index (χ3n) is 4.21. The van der Waals surface area contributed by atoms with E-state index in [0.29, 0.717) is 19.6 Å². The minimum absolute atomic E-state index is 0.241. The molecule has 1 amide bonds. The Morgan fingerprint density at radius 2 is 1.96 bits per heavy atom. The van der Waals surface area contributed by atoms with E-state index in [4.69, 9.17) is 10.5 Å². The van der Waals surface area contributed by atoms with Gasteiger partial charge in [-0.1, -0.05) is 12.1 Å². The van der Waals surface area contributed by atoms with Crippen LogP contribution in [0.15, 0.2) is 36.7 Å². The van der Waals surface area contributed by atoms with Crippen molar-refractivity contribution in [3.63, 3.8) is 0 Å². The van der Waals surface area contributed by atoms with Gasteiger partial charge in [-0.15, -0.1) is 0 Å². The fraction of sp³-hybridized carbons (Fsp3) is 0.474. The molecule has 7 heteroatoms. The van der Waals surface area contributed by atoms with Crippen LogP contribution in [0.4, 0.5) is 16.2 Å². The highest BCUT2D eigenvalue weighted by atomic mass is 16.6. The monoisotopic (exact) mass is 357 g/mol. The molecule has 2 aromatic rings. The first-order chi connectivity index (χ1) is 12.3. The Hall–Kier alpha value is -2.70. The van der Waals surface area contributed by atoms with E-state index in [1.54, 1.807) is 4.90 Å². The van der Waals surface area contributed by atoms with Crippen LogP contribution in [-0.2, 0) is 11.3 Å². The van der Waals surface area contributed by atoms with Crippen LogP contribution in [0.5, 0.6) is 0 Å². The largest absolute Gasteiger partial charge is 0.444 e. The Balaban J connectivity index is 1.55. The highest BCUT2D eigenvalue weighted by molar-refractivity contribution is 5.68. The number of nitrogens with two attached hydrogens (primary N) is 1. The van der Waals surface area contributed by atoms with Crippen molar-refractivity contribution >= 4 is 17.5 Å². The smallest absolute Gasteiger partial charge is 0.410 e. The third-order valence-corrected chi connectivity index (χ3v) is 4.21. The van der Waals surface area contributed by atoms with Gasteiger partial charge in [-0.25, -0.2) is 4.79 Å². The number of nitrogens with zero attached hydrogens (tertiary/aromatic N) is 4. The fourth-order valence-corrected chi connectivity index (χ4v) is 2.95. The van der Waals surface area contributed by atoms with Gasteiger partial charge in [-0.2, -0.15) is 5.10 Å². The molecule has 0 spiro atoms. The second kappa shape index (κ2) is 7.27. The number of piperazine rings is 1. The van der Waals surface area contributed by atoms with Crippen molar-refractivity contribution in [1.29, 1.82) is 0 Å². The Morgan fingerprint density at radius 1 is 1.23 bits per heavy atom. The van der Waals surface area contributed by atoms with Gasteiger partial charge in [0.05, 0.1) is 18.4 Å². The van der Waals surface area contributed by atoms with E-state index < -0.39 is 5.60 Å². The summed E-state index contributed by atoms with van der Waals surface area (Å²) in [6.45, 7) is 9.17. The predicted octanol–water partition coefficient (Wildman–Crippen LogP) is 2.57. The summed E-state index contributed by atoms with van der Waals surface area (Å²) in [5, 5.41) is 4.45.